The zero-order valence-electron chi connectivity index (χ0n) is 15.1. The number of pyridine rings is 1. The zero-order valence-corrected chi connectivity index (χ0v) is 16.7. The number of aromatic nitrogens is 1. The third-order valence-corrected chi connectivity index (χ3v) is 7.20. The van der Waals surface area contributed by atoms with Crippen molar-refractivity contribution >= 4 is 45.2 Å². The molecule has 6 rings (SSSR count). The molecule has 28 heavy (non-hydrogen) atoms. The molecule has 0 N–H and O–H groups in total. The Balaban J connectivity index is 0.000000122. The Labute approximate surface area is 172 Å². The topological polar surface area (TPSA) is 12.9 Å². The van der Waals surface area contributed by atoms with Crippen LogP contribution in [-0.2, 0) is 0 Å². The van der Waals surface area contributed by atoms with Crippen LogP contribution in [0.25, 0.3) is 21.7 Å². The van der Waals surface area contributed by atoms with Gasteiger partial charge in [-0.1, -0.05) is 90.3 Å². The fourth-order valence-corrected chi connectivity index (χ4v) is 5.52. The fourth-order valence-electron chi connectivity index (χ4n) is 3.28. The van der Waals surface area contributed by atoms with Gasteiger partial charge in [-0.2, -0.15) is 0 Å². The smallest absolute Gasteiger partial charge is 0.0708 e. The van der Waals surface area contributed by atoms with Gasteiger partial charge >= 0.3 is 0 Å². The summed E-state index contributed by atoms with van der Waals surface area (Å²) in [5.41, 5.74) is 1.06. The van der Waals surface area contributed by atoms with Crippen LogP contribution in [0.3, 0.4) is 0 Å². The summed E-state index contributed by atoms with van der Waals surface area (Å²) in [6.07, 6.45) is 1.93. The maximum absolute atomic E-state index is 4.41. The van der Waals surface area contributed by atoms with Crippen molar-refractivity contribution in [2.75, 3.05) is 0 Å². The first-order valence-corrected chi connectivity index (χ1v) is 10.8. The molecule has 5 aromatic rings. The molecule has 0 saturated carbocycles. The van der Waals surface area contributed by atoms with E-state index in [0.29, 0.717) is 0 Å². The van der Waals surface area contributed by atoms with Gasteiger partial charge in [0.15, 0.2) is 0 Å². The van der Waals surface area contributed by atoms with Crippen LogP contribution in [0.2, 0.25) is 0 Å². The summed E-state index contributed by atoms with van der Waals surface area (Å²) in [5.74, 6) is 0. The number of rotatable bonds is 0. The van der Waals surface area contributed by atoms with Gasteiger partial charge in [0.05, 0.1) is 5.52 Å². The first-order chi connectivity index (χ1) is 13.9. The van der Waals surface area contributed by atoms with E-state index in [4.69, 9.17) is 0 Å². The van der Waals surface area contributed by atoms with Gasteiger partial charge in [0, 0.05) is 36.6 Å². The molecule has 0 amide bonds. The largest absolute Gasteiger partial charge is 0.256 e. The maximum Gasteiger partial charge on any atom is 0.0708 e. The Hall–Kier alpha value is -2.75. The molecule has 134 valence electrons. The van der Waals surface area contributed by atoms with E-state index in [2.05, 4.69) is 83.8 Å². The van der Waals surface area contributed by atoms with Crippen LogP contribution < -0.4 is 0 Å². The average Bonchev–Trinajstić information content (AvgIpc) is 2.78. The second-order valence-electron chi connectivity index (χ2n) is 6.46. The third-order valence-electron chi connectivity index (χ3n) is 4.64. The lowest BCUT2D eigenvalue weighted by molar-refractivity contribution is 1.16. The summed E-state index contributed by atoms with van der Waals surface area (Å²) in [7, 11) is 0. The molecule has 4 aromatic carbocycles. The van der Waals surface area contributed by atoms with E-state index in [1.54, 1.807) is 0 Å². The van der Waals surface area contributed by atoms with Crippen LogP contribution in [0.4, 0.5) is 0 Å². The van der Waals surface area contributed by atoms with Gasteiger partial charge < -0.3 is 0 Å². The van der Waals surface area contributed by atoms with E-state index in [1.807, 2.05) is 47.9 Å². The Morgan fingerprint density at radius 2 is 0.929 bits per heavy atom. The lowest BCUT2D eigenvalue weighted by atomic mass is 10.1. The van der Waals surface area contributed by atoms with Crippen molar-refractivity contribution in [2.45, 2.75) is 19.6 Å². The molecule has 2 heterocycles. The van der Waals surface area contributed by atoms with E-state index >= 15 is 0 Å². The first-order valence-electron chi connectivity index (χ1n) is 9.15. The summed E-state index contributed by atoms with van der Waals surface area (Å²) in [4.78, 5) is 9.90. The highest BCUT2D eigenvalue weighted by Gasteiger charge is 2.14. The van der Waals surface area contributed by atoms with E-state index in [1.165, 1.54) is 35.7 Å². The molecule has 0 aliphatic carbocycles. The first kappa shape index (κ1) is 17.4. The summed E-state index contributed by atoms with van der Waals surface area (Å²) in [6.45, 7) is 0. The third kappa shape index (κ3) is 3.39. The van der Waals surface area contributed by atoms with Crippen molar-refractivity contribution in [1.29, 1.82) is 0 Å². The molecule has 1 aliphatic heterocycles. The van der Waals surface area contributed by atoms with Crippen LogP contribution in [0.1, 0.15) is 0 Å². The lowest BCUT2D eigenvalue weighted by Gasteiger charge is -2.17. The second kappa shape index (κ2) is 7.70. The number of fused-ring (bicyclic) bond motifs is 5. The number of benzene rings is 4. The fraction of sp³-hybridized carbons (Fsp3) is 0. The quantitative estimate of drug-likeness (QED) is 0.245. The molecule has 1 aromatic heterocycles. The predicted molar refractivity (Wildman–Crippen MR) is 120 cm³/mol. The number of hydrogen-bond acceptors (Lipinski definition) is 3. The van der Waals surface area contributed by atoms with Gasteiger partial charge in [0.1, 0.15) is 0 Å². The van der Waals surface area contributed by atoms with Crippen LogP contribution in [-0.4, -0.2) is 4.98 Å². The molecular formula is C25H17NS2. The van der Waals surface area contributed by atoms with Gasteiger partial charge in [-0.25, -0.2) is 0 Å². The highest BCUT2D eigenvalue weighted by Crippen LogP contribution is 2.47. The van der Waals surface area contributed by atoms with E-state index in [0.717, 1.165) is 5.52 Å². The molecule has 0 fully saturated rings. The Bertz CT molecular complexity index is 1140. The minimum Gasteiger partial charge on any atom is -0.256 e. The summed E-state index contributed by atoms with van der Waals surface area (Å²) < 4.78 is 0. The molecule has 0 atom stereocenters. The van der Waals surface area contributed by atoms with Crippen LogP contribution >= 0.6 is 23.5 Å². The molecular weight excluding hydrogens is 378 g/mol. The molecule has 1 nitrogen and oxygen atoms in total. The van der Waals surface area contributed by atoms with Gasteiger partial charge in [-0.3, -0.25) is 4.98 Å². The van der Waals surface area contributed by atoms with Crippen molar-refractivity contribution < 1.29 is 0 Å². The number of hydrogen-bond donors (Lipinski definition) is 0. The number of nitrogens with zero attached hydrogens (tertiary/aromatic N) is 1. The molecule has 0 bridgehead atoms. The van der Waals surface area contributed by atoms with Crippen molar-refractivity contribution in [1.82, 2.24) is 4.98 Å². The second-order valence-corrected chi connectivity index (χ2v) is 8.63. The van der Waals surface area contributed by atoms with Crippen molar-refractivity contribution in [3.63, 3.8) is 0 Å². The van der Waals surface area contributed by atoms with Crippen LogP contribution in [0.15, 0.2) is 123 Å². The van der Waals surface area contributed by atoms with Crippen molar-refractivity contribution in [3.05, 3.63) is 103 Å². The standard InChI is InChI=1S/C13H9N.C12H8S2/c1-2-6-11-10(5-1)9-14-13-8-4-3-7-12(11)13;1-2-6-10-9(5-1)13-11-7-3-4-8-12(11)14-10/h1-9H;1-8H. The van der Waals surface area contributed by atoms with Gasteiger partial charge in [-0.05, 0) is 35.7 Å². The molecule has 1 aliphatic rings. The molecule has 3 heteroatoms. The molecule has 0 spiro atoms. The van der Waals surface area contributed by atoms with E-state index in [9.17, 15) is 0 Å². The van der Waals surface area contributed by atoms with Gasteiger partial charge in [-0.15, -0.1) is 0 Å². The Morgan fingerprint density at radius 3 is 1.54 bits per heavy atom. The minimum absolute atomic E-state index is 1.06. The maximum atomic E-state index is 4.41. The molecule has 0 unspecified atom stereocenters. The van der Waals surface area contributed by atoms with E-state index < -0.39 is 0 Å². The normalized spacial score (nSPS) is 12.0. The monoisotopic (exact) mass is 395 g/mol. The zero-order chi connectivity index (χ0) is 18.8. The SMILES string of the molecule is c1ccc2c(c1)Sc1ccccc1S2.c1ccc2c(c1)cnc1ccccc12. The lowest BCUT2D eigenvalue weighted by Crippen LogP contribution is -1.87. The molecule has 0 saturated heterocycles. The highest BCUT2D eigenvalue weighted by atomic mass is 32.2. The van der Waals surface area contributed by atoms with Crippen molar-refractivity contribution in [3.8, 4) is 0 Å². The highest BCUT2D eigenvalue weighted by molar-refractivity contribution is 8.05. The Kier molecular flexibility index (Phi) is 4.78. The van der Waals surface area contributed by atoms with Crippen LogP contribution in [0.5, 0.6) is 0 Å². The minimum atomic E-state index is 1.06. The summed E-state index contributed by atoms with van der Waals surface area (Å²) in [5, 5.41) is 3.70. The average molecular weight is 396 g/mol. The predicted octanol–water partition coefficient (Wildman–Crippen LogP) is 7.69. The van der Waals surface area contributed by atoms with Gasteiger partial charge in [0.25, 0.3) is 0 Å². The van der Waals surface area contributed by atoms with Crippen LogP contribution in [0, 0.1) is 0 Å². The van der Waals surface area contributed by atoms with Crippen molar-refractivity contribution in [2.24, 2.45) is 0 Å². The molecule has 0 radical (unpaired) electrons. The summed E-state index contributed by atoms with van der Waals surface area (Å²) >= 11 is 3.72. The van der Waals surface area contributed by atoms with Gasteiger partial charge in [0.2, 0.25) is 0 Å². The Morgan fingerprint density at radius 1 is 0.464 bits per heavy atom. The summed E-state index contributed by atoms with van der Waals surface area (Å²) in [6, 6.07) is 33.7. The van der Waals surface area contributed by atoms with E-state index in [-0.39, 0.29) is 0 Å². The number of para-hydroxylation sites is 1.